The second kappa shape index (κ2) is 6.42. The summed E-state index contributed by atoms with van der Waals surface area (Å²) < 4.78 is 11.6. The topological polar surface area (TPSA) is 84.8 Å². The Balaban J connectivity index is 1.62. The zero-order chi connectivity index (χ0) is 17.1. The van der Waals surface area contributed by atoms with E-state index in [2.05, 4.69) is 21.0 Å². The number of nitriles is 1. The van der Waals surface area contributed by atoms with Gasteiger partial charge in [0.1, 0.15) is 36.1 Å². The number of benzene rings is 1. The number of fused-ring (bicyclic) bond motifs is 1. The van der Waals surface area contributed by atoms with Gasteiger partial charge in [0.05, 0.1) is 5.56 Å². The molecule has 0 aliphatic carbocycles. The normalized spacial score (nSPS) is 10.5. The summed E-state index contributed by atoms with van der Waals surface area (Å²) in [4.78, 5) is 11.9. The van der Waals surface area contributed by atoms with Crippen molar-refractivity contribution < 1.29 is 9.15 Å². The lowest BCUT2D eigenvalue weighted by Crippen LogP contribution is -1.96. The van der Waals surface area contributed by atoms with E-state index in [1.165, 1.54) is 12.5 Å². The standard InChI is InChI=1S/C19H12N4O2/c20-7-15-10-21-4-3-17(15)19-6-14-5-16(1-2-18(14)25-19)24-11-13-8-22-12-23-9-13/h1-6,8-10,12H,11H2. The molecule has 0 unspecified atom stereocenters. The lowest BCUT2D eigenvalue weighted by atomic mass is 10.1. The molecule has 0 bridgehead atoms. The molecule has 0 saturated carbocycles. The lowest BCUT2D eigenvalue weighted by Gasteiger charge is -2.05. The van der Waals surface area contributed by atoms with E-state index >= 15 is 0 Å². The molecule has 3 heterocycles. The number of pyridine rings is 1. The Kier molecular flexibility index (Phi) is 3.81. The molecule has 0 N–H and O–H groups in total. The van der Waals surface area contributed by atoms with Gasteiger partial charge in [-0.25, -0.2) is 9.97 Å². The predicted molar refractivity (Wildman–Crippen MR) is 90.5 cm³/mol. The van der Waals surface area contributed by atoms with E-state index < -0.39 is 0 Å². The molecule has 4 rings (SSSR count). The van der Waals surface area contributed by atoms with E-state index in [4.69, 9.17) is 9.15 Å². The van der Waals surface area contributed by atoms with Crippen molar-refractivity contribution in [2.75, 3.05) is 0 Å². The fourth-order valence-electron chi connectivity index (χ4n) is 2.51. The van der Waals surface area contributed by atoms with Gasteiger partial charge in [0, 0.05) is 41.3 Å². The van der Waals surface area contributed by atoms with E-state index in [0.29, 0.717) is 17.9 Å². The number of ether oxygens (including phenoxy) is 1. The Bertz CT molecular complexity index is 1070. The minimum atomic E-state index is 0.389. The number of hydrogen-bond donors (Lipinski definition) is 0. The highest BCUT2D eigenvalue weighted by Crippen LogP contribution is 2.31. The summed E-state index contributed by atoms with van der Waals surface area (Å²) in [5.41, 5.74) is 2.82. The van der Waals surface area contributed by atoms with Gasteiger partial charge in [0.2, 0.25) is 0 Å². The summed E-state index contributed by atoms with van der Waals surface area (Å²) in [5, 5.41) is 10.1. The smallest absolute Gasteiger partial charge is 0.136 e. The molecule has 0 atom stereocenters. The monoisotopic (exact) mass is 328 g/mol. The van der Waals surface area contributed by atoms with E-state index in [9.17, 15) is 5.26 Å². The van der Waals surface area contributed by atoms with E-state index in [1.54, 1.807) is 24.7 Å². The molecule has 1 aromatic carbocycles. The maximum atomic E-state index is 9.22. The third kappa shape index (κ3) is 3.03. The minimum absolute atomic E-state index is 0.389. The molecule has 0 fully saturated rings. The molecule has 4 aromatic rings. The Morgan fingerprint density at radius 2 is 1.92 bits per heavy atom. The largest absolute Gasteiger partial charge is 0.489 e. The van der Waals surface area contributed by atoms with Crippen molar-refractivity contribution in [3.8, 4) is 23.1 Å². The number of hydrogen-bond acceptors (Lipinski definition) is 6. The van der Waals surface area contributed by atoms with Crippen LogP contribution >= 0.6 is 0 Å². The van der Waals surface area contributed by atoms with E-state index in [1.807, 2.05) is 24.3 Å². The van der Waals surface area contributed by atoms with Gasteiger partial charge in [-0.2, -0.15) is 5.26 Å². The fraction of sp³-hybridized carbons (Fsp3) is 0.0526. The number of furan rings is 1. The minimum Gasteiger partial charge on any atom is -0.489 e. The van der Waals surface area contributed by atoms with Crippen molar-refractivity contribution >= 4 is 11.0 Å². The van der Waals surface area contributed by atoms with Crippen LogP contribution in [-0.2, 0) is 6.61 Å². The summed E-state index contributed by atoms with van der Waals surface area (Å²) in [7, 11) is 0. The van der Waals surface area contributed by atoms with Crippen LogP contribution in [0.15, 0.2) is 65.9 Å². The second-order valence-electron chi connectivity index (χ2n) is 5.38. The van der Waals surface area contributed by atoms with Crippen molar-refractivity contribution in [3.05, 3.63) is 72.6 Å². The van der Waals surface area contributed by atoms with Gasteiger partial charge in [-0.15, -0.1) is 0 Å². The maximum absolute atomic E-state index is 9.22. The summed E-state index contributed by atoms with van der Waals surface area (Å²) in [6, 6.07) is 11.4. The van der Waals surface area contributed by atoms with Crippen molar-refractivity contribution in [1.29, 1.82) is 5.26 Å². The molecule has 3 aromatic heterocycles. The van der Waals surface area contributed by atoms with Crippen LogP contribution < -0.4 is 4.74 Å². The lowest BCUT2D eigenvalue weighted by molar-refractivity contribution is 0.305. The Morgan fingerprint density at radius 3 is 2.76 bits per heavy atom. The third-order valence-electron chi connectivity index (χ3n) is 3.71. The van der Waals surface area contributed by atoms with Gasteiger partial charge in [0.15, 0.2) is 0 Å². The Morgan fingerprint density at radius 1 is 1.04 bits per heavy atom. The first kappa shape index (κ1) is 14.8. The first-order valence-electron chi connectivity index (χ1n) is 7.58. The molecule has 0 amide bonds. The predicted octanol–water partition coefficient (Wildman–Crippen LogP) is 3.74. The fourth-order valence-corrected chi connectivity index (χ4v) is 2.51. The van der Waals surface area contributed by atoms with Gasteiger partial charge < -0.3 is 9.15 Å². The van der Waals surface area contributed by atoms with Crippen LogP contribution in [0.4, 0.5) is 0 Å². The van der Waals surface area contributed by atoms with Crippen molar-refractivity contribution in [2.45, 2.75) is 6.61 Å². The average Bonchev–Trinajstić information content (AvgIpc) is 3.10. The Hall–Kier alpha value is -3.72. The molecule has 25 heavy (non-hydrogen) atoms. The van der Waals surface area contributed by atoms with Gasteiger partial charge in [-0.1, -0.05) is 0 Å². The molecule has 6 heteroatoms. The van der Waals surface area contributed by atoms with E-state index in [0.717, 1.165) is 27.8 Å². The molecule has 0 saturated heterocycles. The molecule has 0 aliphatic rings. The second-order valence-corrected chi connectivity index (χ2v) is 5.38. The summed E-state index contributed by atoms with van der Waals surface area (Å²) in [5.74, 6) is 1.35. The van der Waals surface area contributed by atoms with Crippen LogP contribution in [0.5, 0.6) is 5.75 Å². The Labute approximate surface area is 143 Å². The SMILES string of the molecule is N#Cc1cnccc1-c1cc2cc(OCc3cncnc3)ccc2o1. The number of nitrogens with zero attached hydrogens (tertiary/aromatic N) is 4. The van der Waals surface area contributed by atoms with Gasteiger partial charge in [-0.3, -0.25) is 4.98 Å². The maximum Gasteiger partial charge on any atom is 0.136 e. The zero-order valence-corrected chi connectivity index (χ0v) is 13.1. The molecule has 6 nitrogen and oxygen atoms in total. The summed E-state index contributed by atoms with van der Waals surface area (Å²) in [6.07, 6.45) is 8.08. The van der Waals surface area contributed by atoms with Gasteiger partial charge >= 0.3 is 0 Å². The summed E-state index contributed by atoms with van der Waals surface area (Å²) >= 11 is 0. The molecule has 0 spiro atoms. The van der Waals surface area contributed by atoms with Gasteiger partial charge in [-0.05, 0) is 30.3 Å². The molecular formula is C19H12N4O2. The quantitative estimate of drug-likeness (QED) is 0.567. The van der Waals surface area contributed by atoms with Crippen LogP contribution in [0.25, 0.3) is 22.3 Å². The van der Waals surface area contributed by atoms with Crippen molar-refractivity contribution in [3.63, 3.8) is 0 Å². The third-order valence-corrected chi connectivity index (χ3v) is 3.71. The molecule has 0 radical (unpaired) electrons. The first-order chi connectivity index (χ1) is 12.3. The van der Waals surface area contributed by atoms with Crippen molar-refractivity contribution in [2.24, 2.45) is 0 Å². The number of rotatable bonds is 4. The van der Waals surface area contributed by atoms with Crippen LogP contribution in [-0.4, -0.2) is 15.0 Å². The number of aromatic nitrogens is 3. The molecular weight excluding hydrogens is 316 g/mol. The molecule has 120 valence electrons. The van der Waals surface area contributed by atoms with Crippen molar-refractivity contribution in [1.82, 2.24) is 15.0 Å². The van der Waals surface area contributed by atoms with Crippen LogP contribution in [0, 0.1) is 11.3 Å². The van der Waals surface area contributed by atoms with E-state index in [-0.39, 0.29) is 0 Å². The highest BCUT2D eigenvalue weighted by atomic mass is 16.5. The van der Waals surface area contributed by atoms with Crippen LogP contribution in [0.1, 0.15) is 11.1 Å². The van der Waals surface area contributed by atoms with Gasteiger partial charge in [0.25, 0.3) is 0 Å². The first-order valence-corrected chi connectivity index (χ1v) is 7.58. The van der Waals surface area contributed by atoms with Crippen LogP contribution in [0.2, 0.25) is 0 Å². The zero-order valence-electron chi connectivity index (χ0n) is 13.1. The highest BCUT2D eigenvalue weighted by molar-refractivity contribution is 5.85. The van der Waals surface area contributed by atoms with Crippen LogP contribution in [0.3, 0.4) is 0 Å². The highest BCUT2D eigenvalue weighted by Gasteiger charge is 2.11. The summed E-state index contributed by atoms with van der Waals surface area (Å²) in [6.45, 7) is 0.389. The average molecular weight is 328 g/mol. The molecule has 0 aliphatic heterocycles.